The van der Waals surface area contributed by atoms with Crippen LogP contribution in [0.25, 0.3) is 22.0 Å². The van der Waals surface area contributed by atoms with E-state index in [1.165, 1.54) is 0 Å². The second-order valence-electron chi connectivity index (χ2n) is 5.98. The zero-order chi connectivity index (χ0) is 17.3. The minimum Gasteiger partial charge on any atom is -0.478 e. The number of carbonyl (C=O) groups is 2. The van der Waals surface area contributed by atoms with Crippen LogP contribution in [-0.4, -0.2) is 33.5 Å². The Hall–Kier alpha value is -3.48. The maximum atomic E-state index is 11.8. The maximum absolute atomic E-state index is 11.8. The molecule has 0 aliphatic carbocycles. The zero-order valence-electron chi connectivity index (χ0n) is 12.8. The van der Waals surface area contributed by atoms with E-state index in [0.29, 0.717) is 22.4 Å². The highest BCUT2D eigenvalue weighted by Crippen LogP contribution is 2.45. The van der Waals surface area contributed by atoms with Crippen molar-refractivity contribution >= 4 is 22.8 Å². The van der Waals surface area contributed by atoms with Gasteiger partial charge in [-0.2, -0.15) is 0 Å². The summed E-state index contributed by atoms with van der Waals surface area (Å²) in [6, 6.07) is 8.93. The predicted molar refractivity (Wildman–Crippen MR) is 86.5 cm³/mol. The summed E-state index contributed by atoms with van der Waals surface area (Å²) in [5.41, 5.74) is 2.76. The van der Waals surface area contributed by atoms with Gasteiger partial charge in [0.15, 0.2) is 11.5 Å². The number of aromatic nitrogens is 1. The van der Waals surface area contributed by atoms with E-state index in [2.05, 4.69) is 0 Å². The van der Waals surface area contributed by atoms with E-state index in [4.69, 9.17) is 9.47 Å². The fraction of sp³-hybridized carbons (Fsp3) is 0.111. The number of carboxylic acids is 2. The summed E-state index contributed by atoms with van der Waals surface area (Å²) in [6.45, 7) is 0.409. The van der Waals surface area contributed by atoms with Gasteiger partial charge in [0.2, 0.25) is 6.79 Å². The van der Waals surface area contributed by atoms with Crippen LogP contribution >= 0.6 is 0 Å². The molecule has 25 heavy (non-hydrogen) atoms. The molecule has 0 radical (unpaired) electrons. The molecule has 2 N–H and O–H groups in total. The molecular formula is C18H11NO6. The van der Waals surface area contributed by atoms with Crippen molar-refractivity contribution in [3.05, 3.63) is 47.2 Å². The van der Waals surface area contributed by atoms with Crippen LogP contribution in [0.1, 0.15) is 26.4 Å². The van der Waals surface area contributed by atoms with Crippen LogP contribution in [-0.2, 0) is 6.54 Å². The van der Waals surface area contributed by atoms with Gasteiger partial charge in [-0.15, -0.1) is 0 Å². The van der Waals surface area contributed by atoms with Crippen molar-refractivity contribution in [2.45, 2.75) is 6.54 Å². The number of benzene rings is 2. The summed E-state index contributed by atoms with van der Waals surface area (Å²) >= 11 is 0. The Morgan fingerprint density at radius 1 is 1.00 bits per heavy atom. The molecule has 2 aromatic carbocycles. The van der Waals surface area contributed by atoms with Gasteiger partial charge in [-0.25, -0.2) is 9.59 Å². The van der Waals surface area contributed by atoms with Crippen LogP contribution in [0.5, 0.6) is 11.5 Å². The molecular weight excluding hydrogens is 326 g/mol. The number of carboxylic acid groups (broad SMARTS) is 2. The normalized spacial score (nSPS) is 13.8. The molecule has 7 nitrogen and oxygen atoms in total. The van der Waals surface area contributed by atoms with Crippen molar-refractivity contribution in [1.29, 1.82) is 0 Å². The third kappa shape index (κ3) is 1.69. The Morgan fingerprint density at radius 3 is 2.48 bits per heavy atom. The molecule has 0 atom stereocenters. The summed E-state index contributed by atoms with van der Waals surface area (Å²) in [5.74, 6) is -1.27. The highest BCUT2D eigenvalue weighted by molar-refractivity contribution is 6.15. The molecule has 0 spiro atoms. The molecule has 3 aromatic rings. The lowest BCUT2D eigenvalue weighted by Crippen LogP contribution is -2.15. The third-order valence-corrected chi connectivity index (χ3v) is 4.72. The lowest BCUT2D eigenvalue weighted by molar-refractivity contribution is 0.0645. The lowest BCUT2D eigenvalue weighted by Gasteiger charge is -2.21. The number of fused-ring (bicyclic) bond motifs is 3. The number of nitrogens with zero attached hydrogens (tertiary/aromatic N) is 1. The predicted octanol–water partition coefficient (Wildman–Crippen LogP) is 2.80. The van der Waals surface area contributed by atoms with Gasteiger partial charge in [0.1, 0.15) is 5.69 Å². The molecule has 0 saturated heterocycles. The first-order valence-corrected chi connectivity index (χ1v) is 7.61. The van der Waals surface area contributed by atoms with E-state index in [1.54, 1.807) is 16.7 Å². The number of ether oxygens (including phenoxy) is 2. The van der Waals surface area contributed by atoms with Gasteiger partial charge in [0.05, 0.1) is 11.1 Å². The summed E-state index contributed by atoms with van der Waals surface area (Å²) < 4.78 is 12.4. The van der Waals surface area contributed by atoms with Crippen molar-refractivity contribution in [1.82, 2.24) is 4.57 Å². The smallest absolute Gasteiger partial charge is 0.353 e. The topological polar surface area (TPSA) is 98.0 Å². The number of hydrogen-bond donors (Lipinski definition) is 2. The quantitative estimate of drug-likeness (QED) is 0.584. The van der Waals surface area contributed by atoms with E-state index < -0.39 is 11.9 Å². The first-order valence-electron chi connectivity index (χ1n) is 7.61. The van der Waals surface area contributed by atoms with Crippen LogP contribution in [0.4, 0.5) is 0 Å². The number of rotatable bonds is 2. The van der Waals surface area contributed by atoms with Crippen molar-refractivity contribution < 1.29 is 29.3 Å². The highest BCUT2D eigenvalue weighted by atomic mass is 16.7. The first kappa shape index (κ1) is 13.9. The van der Waals surface area contributed by atoms with Crippen LogP contribution in [0.3, 0.4) is 0 Å². The van der Waals surface area contributed by atoms with E-state index in [0.717, 1.165) is 16.7 Å². The van der Waals surface area contributed by atoms with E-state index >= 15 is 0 Å². The molecule has 0 amide bonds. The minimum atomic E-state index is -1.26. The molecule has 124 valence electrons. The Labute approximate surface area is 140 Å². The Morgan fingerprint density at radius 2 is 1.76 bits per heavy atom. The summed E-state index contributed by atoms with van der Waals surface area (Å²) in [5, 5.41) is 19.6. The molecule has 3 heterocycles. The monoisotopic (exact) mass is 337 g/mol. The van der Waals surface area contributed by atoms with Gasteiger partial charge >= 0.3 is 11.9 Å². The van der Waals surface area contributed by atoms with Gasteiger partial charge in [-0.3, -0.25) is 0 Å². The van der Waals surface area contributed by atoms with Gasteiger partial charge in [0, 0.05) is 17.5 Å². The Balaban J connectivity index is 1.91. The molecule has 0 bridgehead atoms. The molecule has 7 heteroatoms. The van der Waals surface area contributed by atoms with E-state index in [-0.39, 0.29) is 24.6 Å². The van der Waals surface area contributed by atoms with Crippen LogP contribution < -0.4 is 9.47 Å². The Kier molecular flexibility index (Phi) is 2.52. The van der Waals surface area contributed by atoms with Gasteiger partial charge < -0.3 is 24.3 Å². The average Bonchev–Trinajstić information content (AvgIpc) is 3.16. The zero-order valence-corrected chi connectivity index (χ0v) is 12.8. The second kappa shape index (κ2) is 4.54. The van der Waals surface area contributed by atoms with E-state index in [9.17, 15) is 19.8 Å². The second-order valence-corrected chi connectivity index (χ2v) is 5.98. The SMILES string of the molecule is O=C(O)c1c(C(=O)O)n2c3c(cccc13)-c1cc3c(cc1C2)OCO3. The van der Waals surface area contributed by atoms with Crippen molar-refractivity contribution in [2.75, 3.05) is 6.79 Å². The van der Waals surface area contributed by atoms with Crippen LogP contribution in [0.15, 0.2) is 30.3 Å². The number of para-hydroxylation sites is 1. The molecule has 0 fully saturated rings. The molecule has 0 saturated carbocycles. The number of aromatic carboxylic acids is 2. The summed E-state index contributed by atoms with van der Waals surface area (Å²) in [7, 11) is 0. The molecule has 0 unspecified atom stereocenters. The maximum Gasteiger partial charge on any atom is 0.353 e. The minimum absolute atomic E-state index is 0.151. The van der Waals surface area contributed by atoms with Gasteiger partial charge in [-0.05, 0) is 23.3 Å². The highest BCUT2D eigenvalue weighted by Gasteiger charge is 2.32. The van der Waals surface area contributed by atoms with Gasteiger partial charge in [0.25, 0.3) is 0 Å². The van der Waals surface area contributed by atoms with Crippen molar-refractivity contribution in [3.63, 3.8) is 0 Å². The summed E-state index contributed by atoms with van der Waals surface area (Å²) in [6.07, 6.45) is 0. The molecule has 1 aromatic heterocycles. The lowest BCUT2D eigenvalue weighted by atomic mass is 9.94. The molecule has 5 rings (SSSR count). The third-order valence-electron chi connectivity index (χ3n) is 4.72. The molecule has 2 aliphatic heterocycles. The largest absolute Gasteiger partial charge is 0.478 e. The summed E-state index contributed by atoms with van der Waals surface area (Å²) in [4.78, 5) is 23.5. The van der Waals surface area contributed by atoms with Crippen LogP contribution in [0, 0.1) is 0 Å². The van der Waals surface area contributed by atoms with Crippen molar-refractivity contribution in [2.24, 2.45) is 0 Å². The number of hydrogen-bond acceptors (Lipinski definition) is 4. The first-order chi connectivity index (χ1) is 12.1. The average molecular weight is 337 g/mol. The van der Waals surface area contributed by atoms with Crippen molar-refractivity contribution in [3.8, 4) is 22.6 Å². The van der Waals surface area contributed by atoms with Gasteiger partial charge in [-0.1, -0.05) is 18.2 Å². The van der Waals surface area contributed by atoms with E-state index in [1.807, 2.05) is 18.2 Å². The fourth-order valence-corrected chi connectivity index (χ4v) is 3.76. The standard InChI is InChI=1S/C18H11NO6/c20-17(21)14-10-3-1-2-9-11-5-13-12(24-7-25-13)4-8(11)6-19(15(9)10)16(14)18(22)23/h1-5H,6-7H2,(H,20,21)(H,22,23). The fourth-order valence-electron chi connectivity index (χ4n) is 3.76. The Bertz CT molecular complexity index is 1110. The van der Waals surface area contributed by atoms with Crippen LogP contribution in [0.2, 0.25) is 0 Å². The molecule has 2 aliphatic rings.